The maximum atomic E-state index is 6.09. The molecular formula is C16H27N3O. The Morgan fingerprint density at radius 1 is 1.20 bits per heavy atom. The number of aryl methyl sites for hydroxylation is 1. The van der Waals surface area contributed by atoms with E-state index >= 15 is 0 Å². The van der Waals surface area contributed by atoms with E-state index in [2.05, 4.69) is 35.3 Å². The monoisotopic (exact) mass is 277 g/mol. The summed E-state index contributed by atoms with van der Waals surface area (Å²) in [6.07, 6.45) is 8.96. The SMILES string of the molecule is Cn1cncc1CN1CCC2(CC1)CCC(C)(C)OC2. The van der Waals surface area contributed by atoms with Crippen LogP contribution in [0.25, 0.3) is 0 Å². The van der Waals surface area contributed by atoms with Gasteiger partial charge in [0.1, 0.15) is 0 Å². The van der Waals surface area contributed by atoms with Gasteiger partial charge in [0.15, 0.2) is 0 Å². The van der Waals surface area contributed by atoms with Crippen LogP contribution in [0, 0.1) is 5.41 Å². The highest BCUT2D eigenvalue weighted by Crippen LogP contribution is 2.43. The summed E-state index contributed by atoms with van der Waals surface area (Å²) in [6, 6.07) is 0. The summed E-state index contributed by atoms with van der Waals surface area (Å²) in [5.74, 6) is 0. The molecule has 1 aromatic heterocycles. The van der Waals surface area contributed by atoms with Crippen molar-refractivity contribution in [1.29, 1.82) is 0 Å². The summed E-state index contributed by atoms with van der Waals surface area (Å²) in [6.45, 7) is 8.80. The van der Waals surface area contributed by atoms with Gasteiger partial charge in [0.05, 0.1) is 24.2 Å². The Bertz CT molecular complexity index is 446. The molecule has 2 aliphatic rings. The quantitative estimate of drug-likeness (QED) is 0.832. The molecule has 2 fully saturated rings. The zero-order valence-electron chi connectivity index (χ0n) is 13.1. The van der Waals surface area contributed by atoms with Crippen LogP contribution < -0.4 is 0 Å². The fourth-order valence-electron chi connectivity index (χ4n) is 3.40. The molecule has 1 aromatic rings. The van der Waals surface area contributed by atoms with Crippen LogP contribution in [0.2, 0.25) is 0 Å². The first kappa shape index (κ1) is 14.1. The third-order valence-corrected chi connectivity index (χ3v) is 5.25. The minimum absolute atomic E-state index is 0.0943. The van der Waals surface area contributed by atoms with Crippen molar-refractivity contribution in [2.24, 2.45) is 12.5 Å². The Labute approximate surface area is 122 Å². The van der Waals surface area contributed by atoms with Gasteiger partial charge >= 0.3 is 0 Å². The molecule has 0 unspecified atom stereocenters. The van der Waals surface area contributed by atoms with Crippen LogP contribution in [0.3, 0.4) is 0 Å². The van der Waals surface area contributed by atoms with Crippen LogP contribution in [0.5, 0.6) is 0 Å². The van der Waals surface area contributed by atoms with Gasteiger partial charge in [-0.15, -0.1) is 0 Å². The number of aromatic nitrogens is 2. The molecule has 0 saturated carbocycles. The average Bonchev–Trinajstić information content (AvgIpc) is 2.82. The zero-order chi connectivity index (χ0) is 14.2. The van der Waals surface area contributed by atoms with Gasteiger partial charge < -0.3 is 9.30 Å². The summed E-state index contributed by atoms with van der Waals surface area (Å²) in [5, 5.41) is 0. The van der Waals surface area contributed by atoms with E-state index in [1.165, 1.54) is 44.5 Å². The summed E-state index contributed by atoms with van der Waals surface area (Å²) in [7, 11) is 2.07. The summed E-state index contributed by atoms with van der Waals surface area (Å²) in [5.41, 5.74) is 1.86. The smallest absolute Gasteiger partial charge is 0.0945 e. The third kappa shape index (κ3) is 2.91. The van der Waals surface area contributed by atoms with E-state index in [1.807, 2.05) is 12.5 Å². The minimum Gasteiger partial charge on any atom is -0.375 e. The van der Waals surface area contributed by atoms with Gasteiger partial charge in [0, 0.05) is 19.8 Å². The molecule has 4 nitrogen and oxygen atoms in total. The van der Waals surface area contributed by atoms with Crippen LogP contribution in [0.1, 0.15) is 45.2 Å². The standard InChI is InChI=1S/C16H27N3O/c1-15(2)4-5-16(12-20-15)6-8-19(9-7-16)11-14-10-17-13-18(14)3/h10,13H,4-9,11-12H2,1-3H3. The van der Waals surface area contributed by atoms with Crippen LogP contribution in [-0.2, 0) is 18.3 Å². The van der Waals surface area contributed by atoms with E-state index in [9.17, 15) is 0 Å². The molecule has 0 radical (unpaired) electrons. The summed E-state index contributed by atoms with van der Waals surface area (Å²) < 4.78 is 8.21. The first-order chi connectivity index (χ1) is 9.48. The lowest BCUT2D eigenvalue weighted by molar-refractivity contribution is -0.129. The molecule has 0 bridgehead atoms. The van der Waals surface area contributed by atoms with Crippen molar-refractivity contribution < 1.29 is 4.74 Å². The van der Waals surface area contributed by atoms with Gasteiger partial charge in [-0.3, -0.25) is 4.90 Å². The number of hydrogen-bond donors (Lipinski definition) is 0. The lowest BCUT2D eigenvalue weighted by Gasteiger charge is -2.48. The minimum atomic E-state index is 0.0943. The Morgan fingerprint density at radius 2 is 1.95 bits per heavy atom. The van der Waals surface area contributed by atoms with Crippen LogP contribution in [0.4, 0.5) is 0 Å². The molecule has 0 amide bonds. The number of piperidine rings is 1. The van der Waals surface area contributed by atoms with E-state index in [-0.39, 0.29) is 5.60 Å². The molecule has 20 heavy (non-hydrogen) atoms. The van der Waals surface area contributed by atoms with Gasteiger partial charge in [0.25, 0.3) is 0 Å². The molecular weight excluding hydrogens is 250 g/mol. The van der Waals surface area contributed by atoms with Crippen molar-refractivity contribution in [2.75, 3.05) is 19.7 Å². The largest absolute Gasteiger partial charge is 0.375 e. The molecule has 1 spiro atoms. The second-order valence-corrected chi connectivity index (χ2v) is 7.32. The van der Waals surface area contributed by atoms with E-state index in [0.29, 0.717) is 5.41 Å². The van der Waals surface area contributed by atoms with Crippen molar-refractivity contribution >= 4 is 0 Å². The average molecular weight is 277 g/mol. The number of ether oxygens (including phenoxy) is 1. The highest BCUT2D eigenvalue weighted by molar-refractivity contribution is 4.99. The fraction of sp³-hybridized carbons (Fsp3) is 0.812. The molecule has 3 heterocycles. The Morgan fingerprint density at radius 3 is 2.50 bits per heavy atom. The first-order valence-corrected chi connectivity index (χ1v) is 7.80. The van der Waals surface area contributed by atoms with E-state index < -0.39 is 0 Å². The number of hydrogen-bond acceptors (Lipinski definition) is 3. The molecule has 4 heteroatoms. The lowest BCUT2D eigenvalue weighted by Crippen LogP contribution is -2.47. The van der Waals surface area contributed by atoms with Crippen LogP contribution in [0.15, 0.2) is 12.5 Å². The van der Waals surface area contributed by atoms with Gasteiger partial charge in [-0.25, -0.2) is 4.98 Å². The molecule has 3 rings (SSSR count). The van der Waals surface area contributed by atoms with Gasteiger partial charge in [0.2, 0.25) is 0 Å². The summed E-state index contributed by atoms with van der Waals surface area (Å²) in [4.78, 5) is 6.76. The Balaban J connectivity index is 1.54. The second-order valence-electron chi connectivity index (χ2n) is 7.32. The fourth-order valence-corrected chi connectivity index (χ4v) is 3.40. The molecule has 0 N–H and O–H groups in total. The van der Waals surface area contributed by atoms with Crippen molar-refractivity contribution in [1.82, 2.24) is 14.5 Å². The molecule has 0 aliphatic carbocycles. The lowest BCUT2D eigenvalue weighted by atomic mass is 9.72. The predicted octanol–water partition coefficient (Wildman–Crippen LogP) is 2.59. The van der Waals surface area contributed by atoms with Crippen molar-refractivity contribution in [3.05, 3.63) is 18.2 Å². The topological polar surface area (TPSA) is 30.3 Å². The second kappa shape index (κ2) is 5.15. The van der Waals surface area contributed by atoms with Crippen LogP contribution in [-0.4, -0.2) is 39.7 Å². The predicted molar refractivity (Wildman–Crippen MR) is 79.4 cm³/mol. The molecule has 2 aliphatic heterocycles. The maximum Gasteiger partial charge on any atom is 0.0945 e. The highest BCUT2D eigenvalue weighted by atomic mass is 16.5. The van der Waals surface area contributed by atoms with Gasteiger partial charge in [-0.1, -0.05) is 0 Å². The molecule has 112 valence electrons. The Kier molecular flexibility index (Phi) is 3.63. The number of nitrogens with zero attached hydrogens (tertiary/aromatic N) is 3. The van der Waals surface area contributed by atoms with Crippen molar-refractivity contribution in [2.45, 2.75) is 51.7 Å². The van der Waals surface area contributed by atoms with Crippen molar-refractivity contribution in [3.8, 4) is 0 Å². The van der Waals surface area contributed by atoms with Gasteiger partial charge in [-0.2, -0.15) is 0 Å². The first-order valence-electron chi connectivity index (χ1n) is 7.80. The van der Waals surface area contributed by atoms with Crippen LogP contribution >= 0.6 is 0 Å². The normalized spacial score (nSPS) is 25.9. The third-order valence-electron chi connectivity index (χ3n) is 5.25. The zero-order valence-corrected chi connectivity index (χ0v) is 13.1. The Hall–Kier alpha value is -0.870. The van der Waals surface area contributed by atoms with E-state index in [4.69, 9.17) is 4.74 Å². The highest BCUT2D eigenvalue weighted by Gasteiger charge is 2.41. The molecule has 0 atom stereocenters. The summed E-state index contributed by atoms with van der Waals surface area (Å²) >= 11 is 0. The number of rotatable bonds is 2. The van der Waals surface area contributed by atoms with E-state index in [0.717, 1.165) is 13.2 Å². The van der Waals surface area contributed by atoms with E-state index in [1.54, 1.807) is 0 Å². The van der Waals surface area contributed by atoms with Crippen molar-refractivity contribution in [3.63, 3.8) is 0 Å². The van der Waals surface area contributed by atoms with Gasteiger partial charge in [-0.05, 0) is 58.0 Å². The number of imidazole rings is 1. The maximum absolute atomic E-state index is 6.09. The number of likely N-dealkylation sites (tertiary alicyclic amines) is 1. The molecule has 2 saturated heterocycles. The molecule has 0 aromatic carbocycles.